The van der Waals surface area contributed by atoms with Gasteiger partial charge in [-0.25, -0.2) is 19.8 Å². The molecule has 0 saturated heterocycles. The summed E-state index contributed by atoms with van der Waals surface area (Å²) in [5.41, 5.74) is 1.68. The van der Waals surface area contributed by atoms with Gasteiger partial charge in [-0.3, -0.25) is 9.36 Å². The zero-order valence-corrected chi connectivity index (χ0v) is 25.6. The Kier molecular flexibility index (Phi) is 8.44. The van der Waals surface area contributed by atoms with Gasteiger partial charge in [0, 0.05) is 24.0 Å². The van der Waals surface area contributed by atoms with Crippen LogP contribution in [0.2, 0.25) is 0 Å². The maximum Gasteiger partial charge on any atom is 0.338 e. The van der Waals surface area contributed by atoms with Crippen molar-refractivity contribution in [1.82, 2.24) is 14.5 Å². The van der Waals surface area contributed by atoms with Crippen LogP contribution in [0.4, 0.5) is 0 Å². The third-order valence-corrected chi connectivity index (χ3v) is 8.50. The van der Waals surface area contributed by atoms with Gasteiger partial charge in [-0.15, -0.1) is 0 Å². The Morgan fingerprint density at radius 2 is 1.80 bits per heavy atom. The van der Waals surface area contributed by atoms with Crippen LogP contribution in [-0.2, 0) is 9.53 Å². The number of thiazole rings is 1. The van der Waals surface area contributed by atoms with Crippen molar-refractivity contribution >= 4 is 40.8 Å². The number of nitrogens with zero attached hydrogens (tertiary/aromatic N) is 4. The fraction of sp³-hybridized carbons (Fsp3) is 0.156. The number of hydrogen-bond donors (Lipinski definition) is 0. The molecule has 6 rings (SSSR count). The van der Waals surface area contributed by atoms with Crippen LogP contribution in [0.1, 0.15) is 29.9 Å². The van der Waals surface area contributed by atoms with E-state index in [1.165, 1.54) is 34.8 Å². The van der Waals surface area contributed by atoms with E-state index < -0.39 is 12.0 Å². The van der Waals surface area contributed by atoms with Crippen LogP contribution in [0.5, 0.6) is 11.5 Å². The van der Waals surface area contributed by atoms with Crippen LogP contribution in [-0.4, -0.2) is 41.3 Å². The van der Waals surface area contributed by atoms with E-state index >= 15 is 0 Å². The summed E-state index contributed by atoms with van der Waals surface area (Å²) in [5.74, 6) is 0.877. The zero-order valence-electron chi connectivity index (χ0n) is 23.9. The molecule has 1 aliphatic rings. The quantitative estimate of drug-likeness (QED) is 0.172. The SMILES string of the molecule is CCOC(=O)C1=C(c2ccccc2)N=c2s/c(=C/c3ccc(Sc4ncccn4)o3)c(=O)n2[C@@H]1c1ccc(OC)c(OC)c1. The van der Waals surface area contributed by atoms with Gasteiger partial charge < -0.3 is 18.6 Å². The number of aromatic nitrogens is 3. The smallest absolute Gasteiger partial charge is 0.338 e. The summed E-state index contributed by atoms with van der Waals surface area (Å²) < 4.78 is 24.4. The number of esters is 1. The molecule has 3 aromatic heterocycles. The van der Waals surface area contributed by atoms with Crippen molar-refractivity contribution in [1.29, 1.82) is 0 Å². The minimum atomic E-state index is -0.861. The Morgan fingerprint density at radius 3 is 2.52 bits per heavy atom. The monoisotopic (exact) mass is 626 g/mol. The van der Waals surface area contributed by atoms with E-state index in [4.69, 9.17) is 23.6 Å². The Balaban J connectivity index is 1.55. The Hall–Kier alpha value is -4.94. The van der Waals surface area contributed by atoms with E-state index in [1.54, 1.807) is 68.9 Å². The van der Waals surface area contributed by atoms with Crippen LogP contribution < -0.4 is 24.4 Å². The van der Waals surface area contributed by atoms with Crippen LogP contribution >= 0.6 is 23.1 Å². The second kappa shape index (κ2) is 12.7. The lowest BCUT2D eigenvalue weighted by Gasteiger charge is -2.26. The van der Waals surface area contributed by atoms with Crippen LogP contribution in [0.25, 0.3) is 11.8 Å². The van der Waals surface area contributed by atoms with Crippen LogP contribution in [0.15, 0.2) is 109 Å². The highest BCUT2D eigenvalue weighted by atomic mass is 32.2. The standard InChI is InChI=1S/C32H26N4O6S2/c1-4-41-30(38)26-27(19-9-6-5-7-10-19)35-32-36(28(26)20-11-13-22(39-2)23(17-20)40-3)29(37)24(43-32)18-21-12-14-25(42-21)44-31-33-15-8-16-34-31/h5-18,28H,4H2,1-3H3/b24-18+/t28-/m1/s1. The molecular formula is C32H26N4O6S2. The number of fused-ring (bicyclic) bond motifs is 1. The van der Waals surface area contributed by atoms with Gasteiger partial charge in [0.2, 0.25) is 0 Å². The predicted octanol–water partition coefficient (Wildman–Crippen LogP) is 4.49. The Labute approximate surface area is 260 Å². The molecule has 0 spiro atoms. The van der Waals surface area contributed by atoms with Crippen molar-refractivity contribution in [3.05, 3.63) is 121 Å². The van der Waals surface area contributed by atoms with E-state index in [9.17, 15) is 9.59 Å². The molecule has 0 N–H and O–H groups in total. The number of carbonyl (C=O) groups excluding carboxylic acids is 1. The minimum absolute atomic E-state index is 0.153. The van der Waals surface area contributed by atoms with Gasteiger partial charge in [0.15, 0.2) is 26.5 Å². The van der Waals surface area contributed by atoms with E-state index in [1.807, 2.05) is 30.3 Å². The first-order valence-electron chi connectivity index (χ1n) is 13.6. The molecule has 5 aromatic rings. The number of ether oxygens (including phenoxy) is 3. The van der Waals surface area contributed by atoms with Gasteiger partial charge in [0.1, 0.15) is 5.76 Å². The highest BCUT2D eigenvalue weighted by Crippen LogP contribution is 2.38. The number of methoxy groups -OCH3 is 2. The normalized spacial score (nSPS) is 14.6. The summed E-state index contributed by atoms with van der Waals surface area (Å²) in [6, 6.07) is 19.1. The second-order valence-electron chi connectivity index (χ2n) is 9.34. The molecule has 10 nitrogen and oxygen atoms in total. The number of carbonyl (C=O) groups is 1. The molecule has 12 heteroatoms. The van der Waals surface area contributed by atoms with Crippen molar-refractivity contribution in [2.24, 2.45) is 4.99 Å². The number of rotatable bonds is 9. The van der Waals surface area contributed by atoms with Crippen LogP contribution in [0, 0.1) is 0 Å². The van der Waals surface area contributed by atoms with Crippen molar-refractivity contribution in [2.75, 3.05) is 20.8 Å². The molecule has 0 radical (unpaired) electrons. The minimum Gasteiger partial charge on any atom is -0.493 e. The first kappa shape index (κ1) is 29.1. The third kappa shape index (κ3) is 5.69. The lowest BCUT2D eigenvalue weighted by atomic mass is 9.93. The Bertz CT molecular complexity index is 2030. The molecule has 0 amide bonds. The van der Waals surface area contributed by atoms with E-state index in [2.05, 4.69) is 9.97 Å². The summed E-state index contributed by atoms with van der Waals surface area (Å²) in [6.07, 6.45) is 4.98. The number of hydrogen-bond acceptors (Lipinski definition) is 11. The van der Waals surface area contributed by atoms with Gasteiger partial charge in [0.25, 0.3) is 5.56 Å². The van der Waals surface area contributed by atoms with E-state index in [0.717, 1.165) is 5.56 Å². The summed E-state index contributed by atoms with van der Waals surface area (Å²) in [4.78, 5) is 41.5. The van der Waals surface area contributed by atoms with Gasteiger partial charge in [-0.1, -0.05) is 47.7 Å². The fourth-order valence-electron chi connectivity index (χ4n) is 4.80. The maximum absolute atomic E-state index is 14.1. The summed E-state index contributed by atoms with van der Waals surface area (Å²) in [7, 11) is 3.08. The van der Waals surface area contributed by atoms with Gasteiger partial charge in [0.05, 0.1) is 42.7 Å². The molecule has 4 heterocycles. The molecule has 0 aliphatic carbocycles. The molecule has 2 aromatic carbocycles. The van der Waals surface area contributed by atoms with Gasteiger partial charge in [-0.05, 0) is 54.6 Å². The molecule has 0 unspecified atom stereocenters. The lowest BCUT2D eigenvalue weighted by molar-refractivity contribution is -0.138. The summed E-state index contributed by atoms with van der Waals surface area (Å²) in [6.45, 7) is 1.89. The van der Waals surface area contributed by atoms with E-state index in [0.29, 0.717) is 48.1 Å². The largest absolute Gasteiger partial charge is 0.493 e. The number of benzene rings is 2. The summed E-state index contributed by atoms with van der Waals surface area (Å²) in [5, 5.41) is 1.12. The molecule has 1 aliphatic heterocycles. The van der Waals surface area contributed by atoms with Crippen molar-refractivity contribution in [3.63, 3.8) is 0 Å². The molecular weight excluding hydrogens is 601 g/mol. The highest BCUT2D eigenvalue weighted by Gasteiger charge is 2.35. The third-order valence-electron chi connectivity index (χ3n) is 6.71. The number of furan rings is 1. The molecule has 44 heavy (non-hydrogen) atoms. The van der Waals surface area contributed by atoms with Crippen molar-refractivity contribution in [2.45, 2.75) is 23.2 Å². The zero-order chi connectivity index (χ0) is 30.6. The van der Waals surface area contributed by atoms with Crippen LogP contribution in [0.3, 0.4) is 0 Å². The molecule has 0 bridgehead atoms. The average molecular weight is 627 g/mol. The Morgan fingerprint density at radius 1 is 1.02 bits per heavy atom. The second-order valence-corrected chi connectivity index (χ2v) is 11.3. The predicted molar refractivity (Wildman–Crippen MR) is 165 cm³/mol. The van der Waals surface area contributed by atoms with Crippen molar-refractivity contribution < 1.29 is 23.4 Å². The first-order chi connectivity index (χ1) is 21.5. The summed E-state index contributed by atoms with van der Waals surface area (Å²) >= 11 is 2.48. The lowest BCUT2D eigenvalue weighted by Crippen LogP contribution is -2.40. The molecule has 1 atom stereocenters. The molecule has 222 valence electrons. The molecule has 0 saturated carbocycles. The van der Waals surface area contributed by atoms with Crippen molar-refractivity contribution in [3.8, 4) is 11.5 Å². The van der Waals surface area contributed by atoms with E-state index in [-0.39, 0.29) is 17.7 Å². The topological polar surface area (TPSA) is 118 Å². The average Bonchev–Trinajstić information content (AvgIpc) is 3.63. The fourth-order valence-corrected chi connectivity index (χ4v) is 6.46. The maximum atomic E-state index is 14.1. The molecule has 0 fully saturated rings. The first-order valence-corrected chi connectivity index (χ1v) is 15.2. The van der Waals surface area contributed by atoms with Gasteiger partial charge in [-0.2, -0.15) is 0 Å². The highest BCUT2D eigenvalue weighted by molar-refractivity contribution is 7.99. The van der Waals surface area contributed by atoms with Gasteiger partial charge >= 0.3 is 5.97 Å².